The van der Waals surface area contributed by atoms with Crippen LogP contribution in [-0.2, 0) is 4.79 Å². The molecule has 1 saturated heterocycles. The van der Waals surface area contributed by atoms with Gasteiger partial charge in [-0.3, -0.25) is 14.5 Å². The fraction of sp³-hybridized carbons (Fsp3) is 0.556. The molecule has 2 rings (SSSR count). The molecule has 0 aliphatic carbocycles. The quantitative estimate of drug-likeness (QED) is 0.786. The van der Waals surface area contributed by atoms with Crippen LogP contribution in [0.4, 0.5) is 4.39 Å². The fourth-order valence-electron chi connectivity index (χ4n) is 2.89. The molecule has 1 atom stereocenters. The minimum atomic E-state index is -0.531. The third-order valence-electron chi connectivity index (χ3n) is 4.36. The van der Waals surface area contributed by atoms with E-state index < -0.39 is 5.82 Å². The topological polar surface area (TPSA) is 49.4 Å². The number of hydrogen-bond acceptors (Lipinski definition) is 3. The summed E-state index contributed by atoms with van der Waals surface area (Å²) >= 11 is 0. The van der Waals surface area contributed by atoms with Gasteiger partial charge in [-0.25, -0.2) is 4.39 Å². The molecular formula is C18H25FN2O2. The SMILES string of the molecule is CC(CNC(=O)CCC(=O)c1ccccc1F)N1CCCCC1. The van der Waals surface area contributed by atoms with Crippen LogP contribution >= 0.6 is 0 Å². The minimum Gasteiger partial charge on any atom is -0.355 e. The first-order valence-electron chi connectivity index (χ1n) is 8.36. The Balaban J connectivity index is 1.70. The first-order valence-corrected chi connectivity index (χ1v) is 8.36. The highest BCUT2D eigenvalue weighted by atomic mass is 19.1. The fourth-order valence-corrected chi connectivity index (χ4v) is 2.89. The lowest BCUT2D eigenvalue weighted by Gasteiger charge is -2.32. The number of nitrogens with zero attached hydrogens (tertiary/aromatic N) is 1. The number of rotatable bonds is 7. The Morgan fingerprint density at radius 1 is 1.17 bits per heavy atom. The van der Waals surface area contributed by atoms with Crippen molar-refractivity contribution in [3.05, 3.63) is 35.6 Å². The van der Waals surface area contributed by atoms with Gasteiger partial charge >= 0.3 is 0 Å². The highest BCUT2D eigenvalue weighted by Gasteiger charge is 2.18. The number of nitrogens with one attached hydrogen (secondary N) is 1. The van der Waals surface area contributed by atoms with Crippen molar-refractivity contribution >= 4 is 11.7 Å². The molecule has 23 heavy (non-hydrogen) atoms. The molecule has 0 radical (unpaired) electrons. The summed E-state index contributed by atoms with van der Waals surface area (Å²) < 4.78 is 13.5. The smallest absolute Gasteiger partial charge is 0.220 e. The maximum absolute atomic E-state index is 13.5. The Morgan fingerprint density at radius 2 is 1.87 bits per heavy atom. The summed E-state index contributed by atoms with van der Waals surface area (Å²) in [6.45, 7) is 4.87. The Bertz CT molecular complexity index is 542. The minimum absolute atomic E-state index is 0.0326. The van der Waals surface area contributed by atoms with Crippen LogP contribution in [0.1, 0.15) is 49.4 Å². The summed E-state index contributed by atoms with van der Waals surface area (Å²) in [5.74, 6) is -1.02. The predicted molar refractivity (Wildman–Crippen MR) is 87.9 cm³/mol. The average Bonchev–Trinajstić information content (AvgIpc) is 2.58. The van der Waals surface area contributed by atoms with Crippen molar-refractivity contribution in [2.24, 2.45) is 0 Å². The summed E-state index contributed by atoms with van der Waals surface area (Å²) in [5.41, 5.74) is 0.0574. The van der Waals surface area contributed by atoms with Gasteiger partial charge in [0.25, 0.3) is 0 Å². The summed E-state index contributed by atoms with van der Waals surface area (Å²) in [7, 11) is 0. The molecule has 1 fully saturated rings. The maximum Gasteiger partial charge on any atom is 0.220 e. The van der Waals surface area contributed by atoms with E-state index in [2.05, 4.69) is 17.1 Å². The second kappa shape index (κ2) is 8.77. The number of piperidine rings is 1. The number of halogens is 1. The molecule has 1 N–H and O–H groups in total. The summed E-state index contributed by atoms with van der Waals surface area (Å²) in [5, 5.41) is 2.87. The van der Waals surface area contributed by atoms with Crippen LogP contribution in [-0.4, -0.2) is 42.3 Å². The lowest BCUT2D eigenvalue weighted by atomic mass is 10.1. The molecule has 1 heterocycles. The lowest BCUT2D eigenvalue weighted by molar-refractivity contribution is -0.121. The first kappa shape index (κ1) is 17.6. The van der Waals surface area contributed by atoms with Gasteiger partial charge in [-0.15, -0.1) is 0 Å². The van der Waals surface area contributed by atoms with E-state index in [1.807, 2.05) is 0 Å². The average molecular weight is 320 g/mol. The predicted octanol–water partition coefficient (Wildman–Crippen LogP) is 2.78. The van der Waals surface area contributed by atoms with Gasteiger partial charge in [0.05, 0.1) is 5.56 Å². The van der Waals surface area contributed by atoms with Crippen LogP contribution < -0.4 is 5.32 Å². The molecular weight excluding hydrogens is 295 g/mol. The zero-order chi connectivity index (χ0) is 16.7. The van der Waals surface area contributed by atoms with Crippen LogP contribution in [0.5, 0.6) is 0 Å². The summed E-state index contributed by atoms with van der Waals surface area (Å²) in [6, 6.07) is 6.18. The Hall–Kier alpha value is -1.75. The Morgan fingerprint density at radius 3 is 2.57 bits per heavy atom. The van der Waals surface area contributed by atoms with Crippen molar-refractivity contribution in [3.8, 4) is 0 Å². The van der Waals surface area contributed by atoms with Crippen molar-refractivity contribution < 1.29 is 14.0 Å². The van der Waals surface area contributed by atoms with Crippen LogP contribution in [0.25, 0.3) is 0 Å². The lowest BCUT2D eigenvalue weighted by Crippen LogP contribution is -2.44. The molecule has 0 bridgehead atoms. The van der Waals surface area contributed by atoms with Crippen LogP contribution in [0.2, 0.25) is 0 Å². The van der Waals surface area contributed by atoms with Gasteiger partial charge in [0.2, 0.25) is 5.91 Å². The van der Waals surface area contributed by atoms with E-state index in [1.54, 1.807) is 12.1 Å². The number of ketones is 1. The van der Waals surface area contributed by atoms with Crippen molar-refractivity contribution in [2.75, 3.05) is 19.6 Å². The number of amides is 1. The molecule has 1 aliphatic rings. The van der Waals surface area contributed by atoms with E-state index in [1.165, 1.54) is 31.4 Å². The number of carbonyl (C=O) groups excluding carboxylic acids is 2. The van der Waals surface area contributed by atoms with Crippen LogP contribution in [0, 0.1) is 5.82 Å². The van der Waals surface area contributed by atoms with Gasteiger partial charge in [0, 0.05) is 25.4 Å². The Kier molecular flexibility index (Phi) is 6.71. The standard InChI is InChI=1S/C18H25FN2O2/c1-14(21-11-5-2-6-12-21)13-20-18(23)10-9-17(22)15-7-3-4-8-16(15)19/h3-4,7-8,14H,2,5-6,9-13H2,1H3,(H,20,23). The normalized spacial score (nSPS) is 16.8. The largest absolute Gasteiger partial charge is 0.355 e. The van der Waals surface area contributed by atoms with Gasteiger partial charge < -0.3 is 5.32 Å². The third-order valence-corrected chi connectivity index (χ3v) is 4.36. The molecule has 5 heteroatoms. The van der Waals surface area contributed by atoms with Gasteiger partial charge in [-0.05, 0) is 45.0 Å². The van der Waals surface area contributed by atoms with E-state index >= 15 is 0 Å². The van der Waals surface area contributed by atoms with Crippen molar-refractivity contribution in [3.63, 3.8) is 0 Å². The first-order chi connectivity index (χ1) is 11.1. The molecule has 1 aromatic carbocycles. The van der Waals surface area contributed by atoms with Crippen molar-refractivity contribution in [1.82, 2.24) is 10.2 Å². The highest BCUT2D eigenvalue weighted by Crippen LogP contribution is 2.12. The number of carbonyl (C=O) groups is 2. The van der Waals surface area contributed by atoms with E-state index in [-0.39, 0.29) is 30.1 Å². The number of hydrogen-bond donors (Lipinski definition) is 1. The van der Waals surface area contributed by atoms with Gasteiger partial charge in [0.1, 0.15) is 5.82 Å². The summed E-state index contributed by atoms with van der Waals surface area (Å²) in [6.07, 6.45) is 3.85. The van der Waals surface area contributed by atoms with Gasteiger partial charge in [0.15, 0.2) is 5.78 Å². The maximum atomic E-state index is 13.5. The van der Waals surface area contributed by atoms with E-state index in [0.29, 0.717) is 12.6 Å². The molecule has 0 saturated carbocycles. The van der Waals surface area contributed by atoms with Gasteiger partial charge in [-0.2, -0.15) is 0 Å². The number of likely N-dealkylation sites (tertiary alicyclic amines) is 1. The molecule has 0 aromatic heterocycles. The number of Topliss-reactive ketones (excluding diaryl/α,β-unsaturated/α-hetero) is 1. The second-order valence-corrected chi connectivity index (χ2v) is 6.15. The third kappa shape index (κ3) is 5.43. The zero-order valence-electron chi connectivity index (χ0n) is 13.7. The monoisotopic (exact) mass is 320 g/mol. The van der Waals surface area contributed by atoms with Crippen molar-refractivity contribution in [1.29, 1.82) is 0 Å². The molecule has 1 aliphatic heterocycles. The molecule has 1 aromatic rings. The van der Waals surface area contributed by atoms with E-state index in [0.717, 1.165) is 13.1 Å². The molecule has 126 valence electrons. The second-order valence-electron chi connectivity index (χ2n) is 6.15. The van der Waals surface area contributed by atoms with Crippen LogP contribution in [0.15, 0.2) is 24.3 Å². The Labute approximate surface area is 137 Å². The summed E-state index contributed by atoms with van der Waals surface area (Å²) in [4.78, 5) is 26.2. The molecule has 0 spiro atoms. The number of benzene rings is 1. The highest BCUT2D eigenvalue weighted by molar-refractivity contribution is 5.98. The van der Waals surface area contributed by atoms with Crippen LogP contribution in [0.3, 0.4) is 0 Å². The van der Waals surface area contributed by atoms with Gasteiger partial charge in [-0.1, -0.05) is 18.6 Å². The molecule has 1 unspecified atom stereocenters. The van der Waals surface area contributed by atoms with Crippen molar-refractivity contribution in [2.45, 2.75) is 45.1 Å². The zero-order valence-corrected chi connectivity index (χ0v) is 13.7. The molecule has 1 amide bonds. The van der Waals surface area contributed by atoms with E-state index in [4.69, 9.17) is 0 Å². The molecule has 4 nitrogen and oxygen atoms in total. The van der Waals surface area contributed by atoms with E-state index in [9.17, 15) is 14.0 Å².